The van der Waals surface area contributed by atoms with Crippen LogP contribution in [0.5, 0.6) is 0 Å². The molecule has 2 saturated heterocycles. The molecule has 0 bridgehead atoms. The molecule has 0 spiro atoms. The van der Waals surface area contributed by atoms with E-state index in [0.29, 0.717) is 24.3 Å². The van der Waals surface area contributed by atoms with Gasteiger partial charge in [0.05, 0.1) is 6.10 Å². The molecule has 2 fully saturated rings. The lowest BCUT2D eigenvalue weighted by Crippen LogP contribution is -2.60. The maximum atomic E-state index is 13.8. The van der Waals surface area contributed by atoms with Gasteiger partial charge in [-0.1, -0.05) is 45.9 Å². The quantitative estimate of drug-likeness (QED) is 0.260. The Labute approximate surface area is 240 Å². The third-order valence-electron chi connectivity index (χ3n) is 8.35. The molecule has 3 heterocycles. The molecule has 3 amide bonds. The molecule has 3 aliphatic heterocycles. The monoisotopic (exact) mass is 573 g/mol. The van der Waals surface area contributed by atoms with Gasteiger partial charge in [0.2, 0.25) is 11.8 Å². The van der Waals surface area contributed by atoms with Crippen LogP contribution >= 0.6 is 0 Å². The van der Waals surface area contributed by atoms with Crippen LogP contribution in [0.3, 0.4) is 0 Å². The molecule has 12 heteroatoms. The highest BCUT2D eigenvalue weighted by molar-refractivity contribution is 5.94. The first-order chi connectivity index (χ1) is 19.3. The van der Waals surface area contributed by atoms with Crippen LogP contribution in [0.15, 0.2) is 24.3 Å². The number of nitrogens with zero attached hydrogens (tertiary/aromatic N) is 2. The van der Waals surface area contributed by atoms with Gasteiger partial charge in [0.1, 0.15) is 29.9 Å². The number of hydrogen-bond donors (Lipinski definition) is 5. The topological polar surface area (TPSA) is 175 Å². The van der Waals surface area contributed by atoms with Crippen molar-refractivity contribution in [3.8, 4) is 0 Å². The van der Waals surface area contributed by atoms with Crippen molar-refractivity contribution < 1.29 is 34.1 Å². The Balaban J connectivity index is 1.57. The fraction of sp³-hybridized carbons (Fsp3) is 0.655. The van der Waals surface area contributed by atoms with Crippen LogP contribution in [0, 0.1) is 11.8 Å². The zero-order chi connectivity index (χ0) is 30.2. The van der Waals surface area contributed by atoms with Crippen LogP contribution in [0.4, 0.5) is 5.69 Å². The van der Waals surface area contributed by atoms with Crippen molar-refractivity contribution >= 4 is 29.4 Å². The van der Waals surface area contributed by atoms with E-state index in [1.165, 1.54) is 11.8 Å². The molecule has 0 aromatic heterocycles. The predicted octanol–water partition coefficient (Wildman–Crippen LogP) is 0.266. The van der Waals surface area contributed by atoms with Gasteiger partial charge in [-0.05, 0) is 37.7 Å². The molecule has 41 heavy (non-hydrogen) atoms. The maximum Gasteiger partial charge on any atom is 0.329 e. The van der Waals surface area contributed by atoms with Gasteiger partial charge < -0.3 is 41.1 Å². The summed E-state index contributed by atoms with van der Waals surface area (Å²) in [4.78, 5) is 56.6. The Bertz CT molecular complexity index is 1170. The molecule has 1 aromatic carbocycles. The number of hydrogen-bond acceptors (Lipinski definition) is 9. The molecule has 7 atom stereocenters. The van der Waals surface area contributed by atoms with Crippen molar-refractivity contribution in [2.75, 3.05) is 18.4 Å². The average molecular weight is 574 g/mol. The molecular weight excluding hydrogens is 530 g/mol. The van der Waals surface area contributed by atoms with Gasteiger partial charge in [0.15, 0.2) is 6.10 Å². The molecule has 3 aliphatic rings. The van der Waals surface area contributed by atoms with Crippen molar-refractivity contribution in [1.82, 2.24) is 15.1 Å². The molecule has 0 radical (unpaired) electrons. The van der Waals surface area contributed by atoms with E-state index in [2.05, 4.69) is 10.6 Å². The van der Waals surface area contributed by atoms with E-state index in [-0.39, 0.29) is 18.2 Å². The Hall–Kier alpha value is -3.22. The van der Waals surface area contributed by atoms with Crippen molar-refractivity contribution in [3.63, 3.8) is 0 Å². The van der Waals surface area contributed by atoms with Gasteiger partial charge in [-0.25, -0.2) is 4.79 Å². The zero-order valence-electron chi connectivity index (χ0n) is 24.4. The number of amides is 3. The van der Waals surface area contributed by atoms with Crippen molar-refractivity contribution in [3.05, 3.63) is 29.8 Å². The van der Waals surface area contributed by atoms with E-state index in [0.717, 1.165) is 12.8 Å². The Morgan fingerprint density at radius 2 is 1.68 bits per heavy atom. The minimum absolute atomic E-state index is 0.159. The number of rotatable bonds is 9. The van der Waals surface area contributed by atoms with Crippen molar-refractivity contribution in [2.24, 2.45) is 17.6 Å². The predicted molar refractivity (Wildman–Crippen MR) is 150 cm³/mol. The second kappa shape index (κ2) is 11.9. The smallest absolute Gasteiger partial charge is 0.329 e. The number of esters is 1. The second-order valence-electron chi connectivity index (χ2n) is 12.1. The minimum Gasteiger partial charge on any atom is -0.450 e. The summed E-state index contributed by atoms with van der Waals surface area (Å²) in [6.45, 7) is 9.67. The van der Waals surface area contributed by atoms with E-state index < -0.39 is 65.8 Å². The lowest BCUT2D eigenvalue weighted by atomic mass is 9.91. The number of carbonyl (C=O) groups is 4. The van der Waals surface area contributed by atoms with E-state index >= 15 is 0 Å². The highest BCUT2D eigenvalue weighted by Crippen LogP contribution is 2.49. The van der Waals surface area contributed by atoms with Crippen LogP contribution in [0.1, 0.15) is 59.4 Å². The summed E-state index contributed by atoms with van der Waals surface area (Å²) in [5.41, 5.74) is 5.55. The second-order valence-corrected chi connectivity index (χ2v) is 12.1. The first kappa shape index (κ1) is 30.7. The van der Waals surface area contributed by atoms with Crippen molar-refractivity contribution in [2.45, 2.75) is 96.0 Å². The summed E-state index contributed by atoms with van der Waals surface area (Å²) < 4.78 is 5.72. The molecule has 0 saturated carbocycles. The summed E-state index contributed by atoms with van der Waals surface area (Å²) >= 11 is 0. The third-order valence-corrected chi connectivity index (χ3v) is 8.35. The number of para-hydroxylation sites is 1. The number of nitrogens with two attached hydrogens (primary N) is 1. The van der Waals surface area contributed by atoms with Crippen LogP contribution in [0.2, 0.25) is 0 Å². The van der Waals surface area contributed by atoms with Crippen LogP contribution in [-0.4, -0.2) is 93.3 Å². The fourth-order valence-electron chi connectivity index (χ4n) is 5.91. The average Bonchev–Trinajstić information content (AvgIpc) is 3.62. The number of ether oxygens (including phenoxy) is 1. The number of fused-ring (bicyclic) bond motifs is 3. The van der Waals surface area contributed by atoms with Gasteiger partial charge in [-0.15, -0.1) is 0 Å². The van der Waals surface area contributed by atoms with Gasteiger partial charge in [0.25, 0.3) is 5.91 Å². The van der Waals surface area contributed by atoms with Gasteiger partial charge in [0, 0.05) is 30.8 Å². The lowest BCUT2D eigenvalue weighted by molar-refractivity contribution is -0.166. The minimum atomic E-state index is -1.61. The Morgan fingerprint density at radius 1 is 1.05 bits per heavy atom. The molecule has 12 nitrogen and oxygen atoms in total. The molecule has 226 valence electrons. The highest BCUT2D eigenvalue weighted by atomic mass is 16.6. The SMILES string of the molecule is CC(C)[C@H](OC(=O)[C@H](NC(=O)[C@@H]1C[C@@]2(O)c3ccccc3N[C@H]2N1C(=O)[C@H](N)[C@H](C)O)C(C)C)C(=O)N1CCCC1. The molecule has 4 rings (SSSR count). The largest absolute Gasteiger partial charge is 0.450 e. The number of anilines is 1. The number of aliphatic hydroxyl groups is 2. The van der Waals surface area contributed by atoms with Crippen LogP contribution < -0.4 is 16.4 Å². The van der Waals surface area contributed by atoms with Gasteiger partial charge in [-0.2, -0.15) is 0 Å². The number of carbonyl (C=O) groups excluding carboxylic acids is 4. The molecule has 0 aliphatic carbocycles. The first-order valence-electron chi connectivity index (χ1n) is 14.4. The van der Waals surface area contributed by atoms with E-state index in [9.17, 15) is 29.4 Å². The third kappa shape index (κ3) is 5.77. The van der Waals surface area contributed by atoms with Gasteiger partial charge >= 0.3 is 5.97 Å². The zero-order valence-corrected chi connectivity index (χ0v) is 24.4. The Kier molecular flexibility index (Phi) is 8.95. The summed E-state index contributed by atoms with van der Waals surface area (Å²) in [6, 6.07) is 3.35. The first-order valence-corrected chi connectivity index (χ1v) is 14.4. The van der Waals surface area contributed by atoms with Crippen molar-refractivity contribution in [1.29, 1.82) is 0 Å². The number of benzene rings is 1. The lowest BCUT2D eigenvalue weighted by Gasteiger charge is -2.34. The standard InChI is InChI=1S/C29H43N5O7/c1-15(2)22(27(39)41-23(16(3)4)26(38)33-12-8-9-13-33)32-24(36)20-14-29(40)18-10-6-7-11-19(18)31-28(29)34(20)25(37)21(30)17(5)35/h6-7,10-11,15-17,20-23,28,31,35,40H,8-9,12-14,30H2,1-5H3,(H,32,36)/t17-,20-,21+,22+,23-,28-,29+/m0/s1. The normalized spacial score (nSPS) is 26.2. The Morgan fingerprint density at radius 3 is 2.27 bits per heavy atom. The van der Waals surface area contributed by atoms with Gasteiger partial charge in [-0.3, -0.25) is 14.4 Å². The maximum absolute atomic E-state index is 13.8. The van der Waals surface area contributed by atoms with E-state index in [4.69, 9.17) is 10.5 Å². The summed E-state index contributed by atoms with van der Waals surface area (Å²) in [5, 5.41) is 27.7. The number of aliphatic hydroxyl groups excluding tert-OH is 1. The molecular formula is C29H43N5O7. The van der Waals surface area contributed by atoms with Crippen LogP contribution in [0.25, 0.3) is 0 Å². The number of nitrogens with one attached hydrogen (secondary N) is 2. The molecule has 6 N–H and O–H groups in total. The summed E-state index contributed by atoms with van der Waals surface area (Å²) in [5.74, 6) is -3.09. The van der Waals surface area contributed by atoms with E-state index in [1.807, 2.05) is 0 Å². The highest BCUT2D eigenvalue weighted by Gasteiger charge is 2.61. The van der Waals surface area contributed by atoms with Crippen LogP contribution in [-0.2, 0) is 29.5 Å². The number of likely N-dealkylation sites (tertiary alicyclic amines) is 2. The molecule has 0 unspecified atom stereocenters. The summed E-state index contributed by atoms with van der Waals surface area (Å²) in [7, 11) is 0. The summed E-state index contributed by atoms with van der Waals surface area (Å²) in [6.07, 6.45) is -1.57. The van der Waals surface area contributed by atoms with E-state index in [1.54, 1.807) is 56.9 Å². The molecule has 1 aromatic rings. The fourth-order valence-corrected chi connectivity index (χ4v) is 5.91.